The van der Waals surface area contributed by atoms with E-state index in [2.05, 4.69) is 6.92 Å². The maximum Gasteiger partial charge on any atom is 0.310 e. The molecular formula is C15H27NO3S. The molecule has 0 saturated heterocycles. The Labute approximate surface area is 126 Å². The summed E-state index contributed by atoms with van der Waals surface area (Å²) in [5, 5.41) is 9.54. The third kappa shape index (κ3) is 4.14. The van der Waals surface area contributed by atoms with Crippen LogP contribution in [0.1, 0.15) is 51.9 Å². The smallest absolute Gasteiger partial charge is 0.310 e. The van der Waals surface area contributed by atoms with Crippen LogP contribution in [0.15, 0.2) is 0 Å². The number of nitrogens with zero attached hydrogens (tertiary/aromatic N) is 1. The summed E-state index contributed by atoms with van der Waals surface area (Å²) in [6.07, 6.45) is 7.30. The van der Waals surface area contributed by atoms with Crippen LogP contribution in [0.5, 0.6) is 0 Å². The molecule has 0 spiro atoms. The van der Waals surface area contributed by atoms with Crippen LogP contribution in [0.4, 0.5) is 0 Å². The molecule has 1 N–H and O–H groups in total. The molecule has 1 aliphatic carbocycles. The summed E-state index contributed by atoms with van der Waals surface area (Å²) in [7, 11) is 1.81. The highest BCUT2D eigenvalue weighted by atomic mass is 32.2. The Hall–Kier alpha value is -0.710. The van der Waals surface area contributed by atoms with Crippen molar-refractivity contribution >= 4 is 23.6 Å². The summed E-state index contributed by atoms with van der Waals surface area (Å²) in [4.78, 5) is 25.8. The number of hydrogen-bond acceptors (Lipinski definition) is 3. The van der Waals surface area contributed by atoms with E-state index in [0.717, 1.165) is 31.4 Å². The Morgan fingerprint density at radius 1 is 1.30 bits per heavy atom. The molecule has 0 aromatic carbocycles. The molecule has 116 valence electrons. The lowest BCUT2D eigenvalue weighted by Crippen LogP contribution is -2.44. The van der Waals surface area contributed by atoms with Crippen molar-refractivity contribution in [3.05, 3.63) is 0 Å². The van der Waals surface area contributed by atoms with E-state index in [1.165, 1.54) is 0 Å². The predicted molar refractivity (Wildman–Crippen MR) is 83.0 cm³/mol. The molecule has 1 fully saturated rings. The fourth-order valence-electron chi connectivity index (χ4n) is 3.01. The van der Waals surface area contributed by atoms with Crippen LogP contribution in [0.25, 0.3) is 0 Å². The lowest BCUT2D eigenvalue weighted by atomic mass is 9.71. The van der Waals surface area contributed by atoms with Gasteiger partial charge < -0.3 is 10.0 Å². The molecule has 1 rings (SSSR count). The van der Waals surface area contributed by atoms with Crippen molar-refractivity contribution in [1.29, 1.82) is 0 Å². The second kappa shape index (κ2) is 7.91. The van der Waals surface area contributed by atoms with Crippen LogP contribution in [0.2, 0.25) is 0 Å². The highest BCUT2D eigenvalue weighted by Gasteiger charge is 2.42. The van der Waals surface area contributed by atoms with E-state index < -0.39 is 11.4 Å². The van der Waals surface area contributed by atoms with Gasteiger partial charge in [0.2, 0.25) is 5.91 Å². The molecule has 0 bridgehead atoms. The maximum atomic E-state index is 12.4. The molecule has 0 aliphatic heterocycles. The standard InChI is InChI=1S/C15H27NO3S/c1-4-12(11-20-3)16(2)13(17)10-15(14(18)19)8-6-5-7-9-15/h12H,4-11H2,1-3H3,(H,18,19). The molecule has 0 heterocycles. The van der Waals surface area contributed by atoms with Gasteiger partial charge in [-0.25, -0.2) is 0 Å². The van der Waals surface area contributed by atoms with Gasteiger partial charge in [0.1, 0.15) is 0 Å². The number of carboxylic acid groups (broad SMARTS) is 1. The van der Waals surface area contributed by atoms with Crippen molar-refractivity contribution in [2.75, 3.05) is 19.1 Å². The van der Waals surface area contributed by atoms with Gasteiger partial charge in [-0.3, -0.25) is 9.59 Å². The number of hydrogen-bond donors (Lipinski definition) is 1. The van der Waals surface area contributed by atoms with Gasteiger partial charge in [0.15, 0.2) is 0 Å². The van der Waals surface area contributed by atoms with Crippen molar-refractivity contribution in [3.8, 4) is 0 Å². The normalized spacial score (nSPS) is 19.4. The molecule has 1 unspecified atom stereocenters. The average Bonchev–Trinajstić information content (AvgIpc) is 2.44. The first-order valence-electron chi connectivity index (χ1n) is 7.45. The van der Waals surface area contributed by atoms with Crippen molar-refractivity contribution in [2.45, 2.75) is 57.9 Å². The van der Waals surface area contributed by atoms with Gasteiger partial charge in [0, 0.05) is 25.3 Å². The summed E-state index contributed by atoms with van der Waals surface area (Å²) in [6.45, 7) is 2.07. The third-order valence-corrected chi connectivity index (χ3v) is 5.24. The minimum Gasteiger partial charge on any atom is -0.481 e. The number of thioether (sulfide) groups is 1. The zero-order valence-corrected chi connectivity index (χ0v) is 13.7. The van der Waals surface area contributed by atoms with Gasteiger partial charge in [0.05, 0.1) is 5.41 Å². The van der Waals surface area contributed by atoms with Crippen LogP contribution in [0.3, 0.4) is 0 Å². The molecule has 4 nitrogen and oxygen atoms in total. The topological polar surface area (TPSA) is 57.6 Å². The number of carboxylic acids is 1. The lowest BCUT2D eigenvalue weighted by molar-refractivity contribution is -0.156. The first kappa shape index (κ1) is 17.3. The second-order valence-electron chi connectivity index (χ2n) is 5.84. The molecule has 0 radical (unpaired) electrons. The lowest BCUT2D eigenvalue weighted by Gasteiger charge is -2.35. The Morgan fingerprint density at radius 3 is 2.35 bits per heavy atom. The highest BCUT2D eigenvalue weighted by molar-refractivity contribution is 7.98. The van der Waals surface area contributed by atoms with E-state index in [1.54, 1.807) is 16.7 Å². The first-order chi connectivity index (χ1) is 9.46. The first-order valence-corrected chi connectivity index (χ1v) is 8.84. The van der Waals surface area contributed by atoms with Crippen LogP contribution in [-0.4, -0.2) is 47.0 Å². The molecule has 20 heavy (non-hydrogen) atoms. The number of carbonyl (C=O) groups excluding carboxylic acids is 1. The average molecular weight is 301 g/mol. The Kier molecular flexibility index (Phi) is 6.86. The van der Waals surface area contributed by atoms with E-state index in [-0.39, 0.29) is 18.4 Å². The van der Waals surface area contributed by atoms with Gasteiger partial charge in [-0.1, -0.05) is 26.2 Å². The van der Waals surface area contributed by atoms with E-state index in [4.69, 9.17) is 0 Å². The summed E-state index contributed by atoms with van der Waals surface area (Å²) < 4.78 is 0. The monoisotopic (exact) mass is 301 g/mol. The van der Waals surface area contributed by atoms with Gasteiger partial charge in [0.25, 0.3) is 0 Å². The fourth-order valence-corrected chi connectivity index (χ4v) is 3.85. The fraction of sp³-hybridized carbons (Fsp3) is 0.867. The SMILES string of the molecule is CCC(CSC)N(C)C(=O)CC1(C(=O)O)CCCCC1. The molecule has 1 aliphatic rings. The van der Waals surface area contributed by atoms with Crippen molar-refractivity contribution in [2.24, 2.45) is 5.41 Å². The maximum absolute atomic E-state index is 12.4. The number of rotatable bonds is 7. The Balaban J connectivity index is 2.72. The zero-order chi connectivity index (χ0) is 15.2. The van der Waals surface area contributed by atoms with E-state index in [9.17, 15) is 14.7 Å². The Bertz CT molecular complexity index is 340. The predicted octanol–water partition coefficient (Wildman–Crippen LogP) is 3.01. The minimum absolute atomic E-state index is 0.0183. The molecule has 1 amide bonds. The third-order valence-electron chi connectivity index (χ3n) is 4.53. The molecular weight excluding hydrogens is 274 g/mol. The summed E-state index contributed by atoms with van der Waals surface area (Å²) >= 11 is 1.72. The van der Waals surface area contributed by atoms with Gasteiger partial charge in [-0.15, -0.1) is 0 Å². The van der Waals surface area contributed by atoms with Gasteiger partial charge in [-0.05, 0) is 25.5 Å². The van der Waals surface area contributed by atoms with E-state index in [0.29, 0.717) is 12.8 Å². The molecule has 5 heteroatoms. The minimum atomic E-state index is -0.818. The van der Waals surface area contributed by atoms with Gasteiger partial charge in [-0.2, -0.15) is 11.8 Å². The second-order valence-corrected chi connectivity index (χ2v) is 6.76. The molecule has 0 aromatic heterocycles. The van der Waals surface area contributed by atoms with Gasteiger partial charge >= 0.3 is 5.97 Å². The number of amides is 1. The van der Waals surface area contributed by atoms with E-state index in [1.807, 2.05) is 13.3 Å². The number of aliphatic carboxylic acids is 1. The van der Waals surface area contributed by atoms with Crippen LogP contribution in [-0.2, 0) is 9.59 Å². The van der Waals surface area contributed by atoms with Crippen molar-refractivity contribution in [1.82, 2.24) is 4.90 Å². The van der Waals surface area contributed by atoms with Crippen LogP contribution in [0, 0.1) is 5.41 Å². The summed E-state index contributed by atoms with van der Waals surface area (Å²) in [5.41, 5.74) is -0.818. The zero-order valence-electron chi connectivity index (χ0n) is 12.9. The molecule has 1 atom stereocenters. The largest absolute Gasteiger partial charge is 0.481 e. The van der Waals surface area contributed by atoms with E-state index >= 15 is 0 Å². The summed E-state index contributed by atoms with van der Waals surface area (Å²) in [6, 6.07) is 0.201. The molecule has 1 saturated carbocycles. The molecule has 0 aromatic rings. The Morgan fingerprint density at radius 2 is 1.90 bits per heavy atom. The quantitative estimate of drug-likeness (QED) is 0.785. The van der Waals surface area contributed by atoms with Crippen LogP contribution < -0.4 is 0 Å². The van der Waals surface area contributed by atoms with Crippen molar-refractivity contribution in [3.63, 3.8) is 0 Å². The number of carbonyl (C=O) groups is 2. The highest BCUT2D eigenvalue weighted by Crippen LogP contribution is 2.40. The van der Waals surface area contributed by atoms with Crippen molar-refractivity contribution < 1.29 is 14.7 Å². The summed E-state index contributed by atoms with van der Waals surface area (Å²) in [5.74, 6) is 0.0887. The van der Waals surface area contributed by atoms with Crippen LogP contribution >= 0.6 is 11.8 Å².